The average Bonchev–Trinajstić information content (AvgIpc) is 3.04. The number of para-hydroxylation sites is 1. The second-order valence-corrected chi connectivity index (χ2v) is 4.37. The number of H-pyrrole nitrogens is 1. The minimum absolute atomic E-state index is 0.167. The highest BCUT2D eigenvalue weighted by Gasteiger charge is 2.10. The van der Waals surface area contributed by atoms with E-state index in [1.807, 2.05) is 24.3 Å². The Morgan fingerprint density at radius 1 is 1.33 bits per heavy atom. The summed E-state index contributed by atoms with van der Waals surface area (Å²) in [5.41, 5.74) is 2.00. The molecule has 0 aliphatic carbocycles. The maximum absolute atomic E-state index is 5.81. The molecule has 4 nitrogen and oxygen atoms in total. The van der Waals surface area contributed by atoms with Gasteiger partial charge in [-0.15, -0.1) is 0 Å². The fourth-order valence-corrected chi connectivity index (χ4v) is 1.96. The van der Waals surface area contributed by atoms with Gasteiger partial charge in [-0.1, -0.05) is 18.2 Å². The van der Waals surface area contributed by atoms with E-state index in [1.165, 1.54) is 0 Å². The van der Waals surface area contributed by atoms with Crippen molar-refractivity contribution in [1.82, 2.24) is 15.5 Å². The van der Waals surface area contributed by atoms with E-state index >= 15 is 0 Å². The Balaban J connectivity index is 1.73. The Labute approximate surface area is 105 Å². The lowest BCUT2D eigenvalue weighted by molar-refractivity contribution is 0.449. The molecule has 2 N–H and O–H groups in total. The Bertz CT molecular complexity index is 594. The van der Waals surface area contributed by atoms with E-state index in [-0.39, 0.29) is 6.04 Å². The van der Waals surface area contributed by atoms with Gasteiger partial charge in [0.05, 0.1) is 6.04 Å². The van der Waals surface area contributed by atoms with E-state index in [1.54, 1.807) is 6.20 Å². The summed E-state index contributed by atoms with van der Waals surface area (Å²) in [5, 5.41) is 11.4. The largest absolute Gasteiger partial charge is 0.459 e. The van der Waals surface area contributed by atoms with Crippen LogP contribution in [-0.2, 0) is 6.54 Å². The topological polar surface area (TPSA) is 53.9 Å². The molecule has 3 rings (SSSR count). The molecule has 2 heterocycles. The van der Waals surface area contributed by atoms with Gasteiger partial charge < -0.3 is 9.73 Å². The fraction of sp³-hybridized carbons (Fsp3) is 0.214. The van der Waals surface area contributed by atoms with Crippen molar-refractivity contribution in [1.29, 1.82) is 0 Å². The van der Waals surface area contributed by atoms with E-state index < -0.39 is 0 Å². The Hall–Kier alpha value is -2.07. The number of fused-ring (bicyclic) bond motifs is 1. The van der Waals surface area contributed by atoms with Gasteiger partial charge in [-0.05, 0) is 25.1 Å². The van der Waals surface area contributed by atoms with Gasteiger partial charge in [0.1, 0.15) is 11.3 Å². The minimum atomic E-state index is 0.167. The summed E-state index contributed by atoms with van der Waals surface area (Å²) in [5.74, 6) is 0.954. The molecule has 3 aromatic rings. The Morgan fingerprint density at radius 2 is 2.22 bits per heavy atom. The molecule has 1 aromatic carbocycles. The molecule has 0 amide bonds. The summed E-state index contributed by atoms with van der Waals surface area (Å²) >= 11 is 0. The highest BCUT2D eigenvalue weighted by atomic mass is 16.3. The summed E-state index contributed by atoms with van der Waals surface area (Å²) in [4.78, 5) is 0. The first kappa shape index (κ1) is 11.0. The minimum Gasteiger partial charge on any atom is -0.459 e. The molecule has 0 fully saturated rings. The van der Waals surface area contributed by atoms with E-state index in [0.29, 0.717) is 0 Å². The van der Waals surface area contributed by atoms with E-state index in [9.17, 15) is 0 Å². The van der Waals surface area contributed by atoms with Crippen LogP contribution in [0.3, 0.4) is 0 Å². The number of furan rings is 1. The summed E-state index contributed by atoms with van der Waals surface area (Å²) in [7, 11) is 0. The van der Waals surface area contributed by atoms with E-state index in [0.717, 1.165) is 29.0 Å². The molecule has 0 aliphatic rings. The van der Waals surface area contributed by atoms with Crippen molar-refractivity contribution in [3.8, 4) is 0 Å². The molecular weight excluding hydrogens is 226 g/mol. The number of hydrogen-bond acceptors (Lipinski definition) is 3. The lowest BCUT2D eigenvalue weighted by Gasteiger charge is -2.09. The van der Waals surface area contributed by atoms with Crippen LogP contribution in [0.2, 0.25) is 0 Å². The van der Waals surface area contributed by atoms with Crippen LogP contribution in [0, 0.1) is 0 Å². The van der Waals surface area contributed by atoms with Gasteiger partial charge >= 0.3 is 0 Å². The second kappa shape index (κ2) is 4.66. The zero-order valence-electron chi connectivity index (χ0n) is 10.2. The monoisotopic (exact) mass is 241 g/mol. The molecule has 1 unspecified atom stereocenters. The van der Waals surface area contributed by atoms with Crippen LogP contribution >= 0.6 is 0 Å². The SMILES string of the molecule is CC(NCc1ccn[nH]1)c1cc2ccccc2o1. The molecule has 92 valence electrons. The van der Waals surface area contributed by atoms with Crippen molar-refractivity contribution in [2.75, 3.05) is 0 Å². The number of nitrogens with zero attached hydrogens (tertiary/aromatic N) is 1. The summed E-state index contributed by atoms with van der Waals surface area (Å²) in [6.07, 6.45) is 1.75. The van der Waals surface area contributed by atoms with Crippen LogP contribution in [0.15, 0.2) is 47.0 Å². The number of aromatic amines is 1. The number of rotatable bonds is 4. The van der Waals surface area contributed by atoms with Gasteiger partial charge in [0.25, 0.3) is 0 Å². The first-order valence-corrected chi connectivity index (χ1v) is 6.03. The normalized spacial score (nSPS) is 12.9. The van der Waals surface area contributed by atoms with Crippen LogP contribution in [0.1, 0.15) is 24.4 Å². The van der Waals surface area contributed by atoms with Crippen molar-refractivity contribution >= 4 is 11.0 Å². The number of nitrogens with one attached hydrogen (secondary N) is 2. The first-order valence-electron chi connectivity index (χ1n) is 6.03. The molecule has 0 bridgehead atoms. The number of aromatic nitrogens is 2. The third-order valence-corrected chi connectivity index (χ3v) is 3.03. The van der Waals surface area contributed by atoms with Crippen molar-refractivity contribution in [2.24, 2.45) is 0 Å². The fourth-order valence-electron chi connectivity index (χ4n) is 1.96. The predicted molar refractivity (Wildman–Crippen MR) is 70.1 cm³/mol. The molecule has 1 atom stereocenters. The van der Waals surface area contributed by atoms with Crippen molar-refractivity contribution in [2.45, 2.75) is 19.5 Å². The third-order valence-electron chi connectivity index (χ3n) is 3.03. The van der Waals surface area contributed by atoms with Crippen LogP contribution < -0.4 is 5.32 Å². The van der Waals surface area contributed by atoms with Crippen molar-refractivity contribution in [3.05, 3.63) is 54.0 Å². The first-order chi connectivity index (χ1) is 8.83. The Kier molecular flexibility index (Phi) is 2.86. The van der Waals surface area contributed by atoms with Gasteiger partial charge in [-0.3, -0.25) is 5.10 Å². The Morgan fingerprint density at radius 3 is 3.00 bits per heavy atom. The van der Waals surface area contributed by atoms with Crippen molar-refractivity contribution in [3.63, 3.8) is 0 Å². The highest BCUT2D eigenvalue weighted by molar-refractivity contribution is 5.77. The molecule has 0 spiro atoms. The molecule has 0 saturated heterocycles. The van der Waals surface area contributed by atoms with Crippen LogP contribution in [0.25, 0.3) is 11.0 Å². The van der Waals surface area contributed by atoms with Crippen LogP contribution in [0.4, 0.5) is 0 Å². The summed E-state index contributed by atoms with van der Waals surface area (Å²) in [6.45, 7) is 2.84. The molecular formula is C14H15N3O. The summed E-state index contributed by atoms with van der Waals surface area (Å²) in [6, 6.07) is 12.3. The molecule has 2 aromatic heterocycles. The zero-order chi connectivity index (χ0) is 12.4. The van der Waals surface area contributed by atoms with Crippen LogP contribution in [-0.4, -0.2) is 10.2 Å². The highest BCUT2D eigenvalue weighted by Crippen LogP contribution is 2.23. The van der Waals surface area contributed by atoms with Gasteiger partial charge in [0.2, 0.25) is 0 Å². The lowest BCUT2D eigenvalue weighted by atomic mass is 10.2. The predicted octanol–water partition coefficient (Wildman–Crippen LogP) is 3.01. The van der Waals surface area contributed by atoms with Gasteiger partial charge in [0.15, 0.2) is 0 Å². The molecule has 0 radical (unpaired) electrons. The maximum atomic E-state index is 5.81. The van der Waals surface area contributed by atoms with E-state index in [2.05, 4.69) is 34.6 Å². The molecule has 0 saturated carbocycles. The summed E-state index contributed by atoms with van der Waals surface area (Å²) < 4.78 is 5.81. The van der Waals surface area contributed by atoms with Gasteiger partial charge in [-0.2, -0.15) is 5.10 Å². The average molecular weight is 241 g/mol. The van der Waals surface area contributed by atoms with Crippen molar-refractivity contribution < 1.29 is 4.42 Å². The molecule has 4 heteroatoms. The number of hydrogen-bond donors (Lipinski definition) is 2. The standard InChI is InChI=1S/C14H15N3O/c1-10(15-9-12-6-7-16-17-12)14-8-11-4-2-3-5-13(11)18-14/h2-8,10,15H,9H2,1H3,(H,16,17). The van der Waals surface area contributed by atoms with E-state index in [4.69, 9.17) is 4.42 Å². The molecule has 0 aliphatic heterocycles. The maximum Gasteiger partial charge on any atom is 0.134 e. The zero-order valence-corrected chi connectivity index (χ0v) is 10.2. The lowest BCUT2D eigenvalue weighted by Crippen LogP contribution is -2.17. The van der Waals surface area contributed by atoms with Gasteiger partial charge in [0, 0.05) is 23.8 Å². The van der Waals surface area contributed by atoms with Crippen LogP contribution in [0.5, 0.6) is 0 Å². The molecule has 18 heavy (non-hydrogen) atoms. The quantitative estimate of drug-likeness (QED) is 0.738. The second-order valence-electron chi connectivity index (χ2n) is 4.37. The van der Waals surface area contributed by atoms with Gasteiger partial charge in [-0.25, -0.2) is 0 Å². The third kappa shape index (κ3) is 2.15. The smallest absolute Gasteiger partial charge is 0.134 e. The number of benzene rings is 1.